The minimum absolute atomic E-state index is 0.652. The number of unbranched alkanes of at least 4 members (excludes halogenated alkanes) is 1. The first kappa shape index (κ1) is 17.2. The van der Waals surface area contributed by atoms with E-state index in [-0.39, 0.29) is 0 Å². The van der Waals surface area contributed by atoms with Gasteiger partial charge >= 0.3 is 0 Å². The first-order valence-electron chi connectivity index (χ1n) is 9.73. The van der Waals surface area contributed by atoms with Crippen LogP contribution in [0.1, 0.15) is 82.5 Å². The van der Waals surface area contributed by atoms with E-state index in [1.165, 1.54) is 44.1 Å². The van der Waals surface area contributed by atoms with Gasteiger partial charge in [0.25, 0.3) is 5.89 Å². The molecule has 1 aliphatic carbocycles. The van der Waals surface area contributed by atoms with Crippen molar-refractivity contribution in [3.8, 4) is 11.5 Å². The molecular formula is C21H30N2O. The third-order valence-corrected chi connectivity index (χ3v) is 5.39. The van der Waals surface area contributed by atoms with Crippen molar-refractivity contribution in [1.29, 1.82) is 0 Å². The van der Waals surface area contributed by atoms with Crippen LogP contribution in [0, 0.1) is 5.92 Å². The van der Waals surface area contributed by atoms with E-state index >= 15 is 0 Å². The second-order valence-corrected chi connectivity index (χ2v) is 7.25. The summed E-state index contributed by atoms with van der Waals surface area (Å²) in [6.45, 7) is 4.48. The molecule has 3 nitrogen and oxygen atoms in total. The van der Waals surface area contributed by atoms with E-state index in [9.17, 15) is 0 Å². The maximum atomic E-state index is 5.41. The van der Waals surface area contributed by atoms with Gasteiger partial charge in [0.2, 0.25) is 0 Å². The van der Waals surface area contributed by atoms with Crippen LogP contribution in [-0.4, -0.2) is 10.1 Å². The first-order chi connectivity index (χ1) is 11.8. The van der Waals surface area contributed by atoms with E-state index < -0.39 is 0 Å². The minimum Gasteiger partial charge on any atom is -0.334 e. The molecule has 0 saturated heterocycles. The van der Waals surface area contributed by atoms with Gasteiger partial charge in [-0.1, -0.05) is 50.4 Å². The number of nitrogens with zero attached hydrogens (tertiary/aromatic N) is 2. The lowest BCUT2D eigenvalue weighted by molar-refractivity contribution is 0.308. The molecule has 1 fully saturated rings. The van der Waals surface area contributed by atoms with Gasteiger partial charge in [0, 0.05) is 12.0 Å². The van der Waals surface area contributed by atoms with Crippen molar-refractivity contribution < 1.29 is 4.52 Å². The molecule has 1 saturated carbocycles. The third kappa shape index (κ3) is 4.25. The molecule has 0 spiro atoms. The number of aromatic nitrogens is 2. The normalized spacial score (nSPS) is 21.1. The summed E-state index contributed by atoms with van der Waals surface area (Å²) in [5, 5.41) is 4.08. The summed E-state index contributed by atoms with van der Waals surface area (Å²) in [4.78, 5) is 4.51. The SMILES string of the molecule is CCCCc1noc(-c2ccc(C3CCC(CCC)CC3)cc2)n1. The van der Waals surface area contributed by atoms with Crippen molar-refractivity contribution in [2.24, 2.45) is 5.92 Å². The highest BCUT2D eigenvalue weighted by atomic mass is 16.5. The third-order valence-electron chi connectivity index (χ3n) is 5.39. The summed E-state index contributed by atoms with van der Waals surface area (Å²) in [5.74, 6) is 3.17. The predicted octanol–water partition coefficient (Wildman–Crippen LogP) is 6.15. The largest absolute Gasteiger partial charge is 0.334 e. The monoisotopic (exact) mass is 326 g/mol. The molecule has 0 bridgehead atoms. The molecule has 130 valence electrons. The van der Waals surface area contributed by atoms with Crippen molar-refractivity contribution in [2.75, 3.05) is 0 Å². The van der Waals surface area contributed by atoms with Crippen molar-refractivity contribution in [3.05, 3.63) is 35.7 Å². The number of hydrogen-bond acceptors (Lipinski definition) is 3. The Morgan fingerprint density at radius 2 is 1.75 bits per heavy atom. The van der Waals surface area contributed by atoms with Gasteiger partial charge in [0.1, 0.15) is 0 Å². The van der Waals surface area contributed by atoms with Gasteiger partial charge in [-0.05, 0) is 61.6 Å². The Morgan fingerprint density at radius 1 is 1.00 bits per heavy atom. The summed E-state index contributed by atoms with van der Waals surface area (Å²) in [5.41, 5.74) is 2.51. The van der Waals surface area contributed by atoms with Crippen LogP contribution in [0.4, 0.5) is 0 Å². The molecule has 0 aliphatic heterocycles. The van der Waals surface area contributed by atoms with Crippen LogP contribution in [-0.2, 0) is 6.42 Å². The highest BCUT2D eigenvalue weighted by Crippen LogP contribution is 2.37. The maximum absolute atomic E-state index is 5.41. The Kier molecular flexibility index (Phi) is 6.06. The smallest absolute Gasteiger partial charge is 0.257 e. The average Bonchev–Trinajstić information content (AvgIpc) is 3.10. The zero-order valence-corrected chi connectivity index (χ0v) is 15.1. The fourth-order valence-corrected chi connectivity index (χ4v) is 3.90. The molecule has 0 unspecified atom stereocenters. The van der Waals surface area contributed by atoms with Gasteiger partial charge in [0.05, 0.1) is 0 Å². The second kappa shape index (κ2) is 8.46. The van der Waals surface area contributed by atoms with Crippen LogP contribution in [0.25, 0.3) is 11.5 Å². The molecule has 2 aromatic rings. The summed E-state index contributed by atoms with van der Waals surface area (Å²) in [7, 11) is 0. The lowest BCUT2D eigenvalue weighted by Crippen LogP contribution is -2.13. The first-order valence-corrected chi connectivity index (χ1v) is 9.73. The zero-order chi connectivity index (χ0) is 16.8. The summed E-state index contributed by atoms with van der Waals surface area (Å²) in [6, 6.07) is 8.81. The fourth-order valence-electron chi connectivity index (χ4n) is 3.90. The van der Waals surface area contributed by atoms with Gasteiger partial charge in [-0.3, -0.25) is 0 Å². The Labute approximate surface area is 145 Å². The van der Waals surface area contributed by atoms with Crippen molar-refractivity contribution in [2.45, 2.75) is 77.6 Å². The quantitative estimate of drug-likeness (QED) is 0.612. The highest BCUT2D eigenvalue weighted by Gasteiger charge is 2.22. The number of aryl methyl sites for hydroxylation is 1. The van der Waals surface area contributed by atoms with Gasteiger partial charge in [-0.15, -0.1) is 0 Å². The number of benzene rings is 1. The molecule has 0 N–H and O–H groups in total. The highest BCUT2D eigenvalue weighted by molar-refractivity contribution is 5.53. The Morgan fingerprint density at radius 3 is 2.42 bits per heavy atom. The Balaban J connectivity index is 1.60. The fraction of sp³-hybridized carbons (Fsp3) is 0.619. The molecule has 24 heavy (non-hydrogen) atoms. The summed E-state index contributed by atoms with van der Waals surface area (Å²) in [6.07, 6.45) is 11.4. The van der Waals surface area contributed by atoms with Crippen molar-refractivity contribution in [3.63, 3.8) is 0 Å². The predicted molar refractivity (Wildman–Crippen MR) is 98.0 cm³/mol. The van der Waals surface area contributed by atoms with Crippen LogP contribution in [0.5, 0.6) is 0 Å². The standard InChI is InChI=1S/C21H30N2O/c1-3-5-7-20-22-21(24-23-20)19-14-12-18(13-15-19)17-10-8-16(6-4-2)9-11-17/h12-17H,3-11H2,1-2H3. The van der Waals surface area contributed by atoms with Crippen LogP contribution < -0.4 is 0 Å². The molecule has 0 radical (unpaired) electrons. The van der Waals surface area contributed by atoms with Crippen LogP contribution in [0.3, 0.4) is 0 Å². The van der Waals surface area contributed by atoms with E-state index in [0.717, 1.165) is 42.5 Å². The minimum atomic E-state index is 0.652. The molecule has 0 amide bonds. The lowest BCUT2D eigenvalue weighted by atomic mass is 9.77. The average molecular weight is 326 g/mol. The number of hydrogen-bond donors (Lipinski definition) is 0. The van der Waals surface area contributed by atoms with E-state index in [4.69, 9.17) is 4.52 Å². The molecule has 1 aromatic heterocycles. The topological polar surface area (TPSA) is 38.9 Å². The van der Waals surface area contributed by atoms with Gasteiger partial charge in [-0.2, -0.15) is 4.98 Å². The molecule has 3 rings (SSSR count). The number of rotatable bonds is 7. The van der Waals surface area contributed by atoms with E-state index in [2.05, 4.69) is 48.3 Å². The van der Waals surface area contributed by atoms with E-state index in [0.29, 0.717) is 5.89 Å². The summed E-state index contributed by atoms with van der Waals surface area (Å²) >= 11 is 0. The van der Waals surface area contributed by atoms with Gasteiger partial charge < -0.3 is 4.52 Å². The van der Waals surface area contributed by atoms with Crippen LogP contribution in [0.15, 0.2) is 28.8 Å². The molecule has 3 heteroatoms. The van der Waals surface area contributed by atoms with E-state index in [1.807, 2.05) is 0 Å². The molecule has 1 aliphatic rings. The second-order valence-electron chi connectivity index (χ2n) is 7.25. The van der Waals surface area contributed by atoms with Gasteiger partial charge in [-0.25, -0.2) is 0 Å². The van der Waals surface area contributed by atoms with Crippen LogP contribution >= 0.6 is 0 Å². The lowest BCUT2D eigenvalue weighted by Gasteiger charge is -2.28. The maximum Gasteiger partial charge on any atom is 0.257 e. The molecule has 1 aromatic carbocycles. The molecular weight excluding hydrogens is 296 g/mol. The van der Waals surface area contributed by atoms with E-state index in [1.54, 1.807) is 0 Å². The Hall–Kier alpha value is -1.64. The van der Waals surface area contributed by atoms with Crippen molar-refractivity contribution >= 4 is 0 Å². The molecule has 1 heterocycles. The van der Waals surface area contributed by atoms with Crippen LogP contribution in [0.2, 0.25) is 0 Å². The van der Waals surface area contributed by atoms with Crippen molar-refractivity contribution in [1.82, 2.24) is 10.1 Å². The Bertz CT molecular complexity index is 609. The zero-order valence-electron chi connectivity index (χ0n) is 15.1. The molecule has 0 atom stereocenters. The van der Waals surface area contributed by atoms with Gasteiger partial charge in [0.15, 0.2) is 5.82 Å². The summed E-state index contributed by atoms with van der Waals surface area (Å²) < 4.78 is 5.41.